The van der Waals surface area contributed by atoms with Crippen LogP contribution >= 0.6 is 11.8 Å². The molecular formula is C24H31FN6O4S. The van der Waals surface area contributed by atoms with Crippen molar-refractivity contribution in [2.75, 3.05) is 24.2 Å². The van der Waals surface area contributed by atoms with E-state index in [9.17, 15) is 19.7 Å². The number of hydrogen-bond donors (Lipinski definition) is 4. The molecule has 4 N–H and O–H groups in total. The molecule has 0 radical (unpaired) electrons. The van der Waals surface area contributed by atoms with Crippen molar-refractivity contribution in [1.29, 1.82) is 0 Å². The fourth-order valence-corrected chi connectivity index (χ4v) is 4.55. The first kappa shape index (κ1) is 16.5. The summed E-state index contributed by atoms with van der Waals surface area (Å²) in [5.74, 6) is -3.29. The number of nitrogens with zero attached hydrogens (tertiary/aromatic N) is 5. The summed E-state index contributed by atoms with van der Waals surface area (Å²) in [6.07, 6.45) is -4.85. The second kappa shape index (κ2) is 10.5. The number of aliphatic hydroxyl groups is 3. The highest BCUT2D eigenvalue weighted by atomic mass is 32.2. The van der Waals surface area contributed by atoms with Crippen molar-refractivity contribution in [3.63, 3.8) is 0 Å². The van der Waals surface area contributed by atoms with Crippen LogP contribution in [0.25, 0.3) is 11.2 Å². The zero-order chi connectivity index (χ0) is 33.4. The van der Waals surface area contributed by atoms with Gasteiger partial charge >= 0.3 is 0 Å². The number of ether oxygens (including phenoxy) is 1. The Balaban J connectivity index is 1.56. The van der Waals surface area contributed by atoms with Crippen LogP contribution in [0.3, 0.4) is 0 Å². The van der Waals surface area contributed by atoms with Gasteiger partial charge in [0, 0.05) is 28.1 Å². The van der Waals surface area contributed by atoms with Crippen molar-refractivity contribution in [1.82, 2.24) is 25.0 Å². The number of halogens is 1. The molecule has 0 amide bonds. The Labute approximate surface area is 224 Å². The lowest BCUT2D eigenvalue weighted by Crippen LogP contribution is -2.33. The quantitative estimate of drug-likeness (QED) is 0.229. The molecule has 36 heavy (non-hydrogen) atoms. The molecule has 0 bridgehead atoms. The number of aliphatic hydroxyl groups excluding tert-OH is 3. The Morgan fingerprint density at radius 3 is 2.94 bits per heavy atom. The van der Waals surface area contributed by atoms with Gasteiger partial charge in [-0.15, -0.1) is 5.10 Å². The van der Waals surface area contributed by atoms with E-state index >= 15 is 0 Å². The number of anilines is 1. The van der Waals surface area contributed by atoms with Gasteiger partial charge in [-0.2, -0.15) is 0 Å². The molecule has 0 spiro atoms. The van der Waals surface area contributed by atoms with E-state index < -0.39 is 84.6 Å². The molecule has 2 aliphatic rings. The van der Waals surface area contributed by atoms with Crippen LogP contribution in [-0.2, 0) is 4.74 Å². The molecule has 0 unspecified atom stereocenters. The van der Waals surface area contributed by atoms with E-state index in [-0.39, 0.29) is 47.0 Å². The van der Waals surface area contributed by atoms with Crippen molar-refractivity contribution >= 4 is 28.7 Å². The van der Waals surface area contributed by atoms with Crippen molar-refractivity contribution in [2.45, 2.75) is 74.5 Å². The molecular weight excluding hydrogens is 487 g/mol. The van der Waals surface area contributed by atoms with E-state index in [0.717, 1.165) is 4.68 Å². The van der Waals surface area contributed by atoms with Crippen molar-refractivity contribution in [2.24, 2.45) is 0 Å². The van der Waals surface area contributed by atoms with E-state index in [4.69, 9.17) is 17.1 Å². The lowest BCUT2D eigenvalue weighted by atomic mass is 10.1. The molecule has 194 valence electrons. The maximum atomic E-state index is 14.8. The minimum atomic E-state index is -2.51. The van der Waals surface area contributed by atoms with Crippen LogP contribution in [0, 0.1) is 12.7 Å². The van der Waals surface area contributed by atoms with Gasteiger partial charge in [-0.25, -0.2) is 19.0 Å². The van der Waals surface area contributed by atoms with Crippen LogP contribution in [0.4, 0.5) is 10.2 Å². The van der Waals surface area contributed by atoms with Crippen LogP contribution in [0.15, 0.2) is 23.3 Å². The Hall–Kier alpha value is -2.38. The summed E-state index contributed by atoms with van der Waals surface area (Å²) in [6, 6.07) is -4.88. The van der Waals surface area contributed by atoms with Crippen LogP contribution in [0.5, 0.6) is 0 Å². The van der Waals surface area contributed by atoms with Crippen LogP contribution in [0.1, 0.15) is 61.6 Å². The maximum absolute atomic E-state index is 14.8. The van der Waals surface area contributed by atoms with Gasteiger partial charge in [-0.1, -0.05) is 36.0 Å². The number of fused-ring (bicyclic) bond motifs is 1. The summed E-state index contributed by atoms with van der Waals surface area (Å²) in [7, 11) is 0. The minimum Gasteiger partial charge on any atom is -0.394 e. The number of rotatable bonds is 10. The molecule has 3 aromatic rings. The molecule has 2 fully saturated rings. The summed E-state index contributed by atoms with van der Waals surface area (Å²) in [6.45, 7) is -0.652. The highest BCUT2D eigenvalue weighted by molar-refractivity contribution is 7.99. The van der Waals surface area contributed by atoms with Crippen LogP contribution in [0.2, 0.25) is 0 Å². The lowest BCUT2D eigenvalue weighted by molar-refractivity contribution is -0.0629. The highest BCUT2D eigenvalue weighted by Gasteiger charge is 2.45. The van der Waals surface area contributed by atoms with Gasteiger partial charge < -0.3 is 25.4 Å². The molecule has 5 rings (SSSR count). The van der Waals surface area contributed by atoms with E-state index in [0.29, 0.717) is 11.8 Å². The standard InChI is InChI=1S/C24H31FN6O4S/c1-3-8-36-24-27-22(26-16-10-14(16)13-5-4-12(2)15(25)9-13)19-23(28-24)31(30-29-19)17-11-18(35-7-6-32)21(34)20(17)33/h4-5,9,14,16-18,20-21,32-34H,3,6-8,10-11H2,1-2H3,(H,26,27,28)/t14-,16+,17+,18-,20-,21+/m0/s1/i4D,5D,7D2,8D2,9D,14D,16D. The van der Waals surface area contributed by atoms with Gasteiger partial charge in [0.15, 0.2) is 22.1 Å². The van der Waals surface area contributed by atoms with Gasteiger partial charge in [-0.05, 0) is 36.9 Å². The van der Waals surface area contributed by atoms with Gasteiger partial charge in [-0.3, -0.25) is 0 Å². The average Bonchev–Trinajstić information content (AvgIpc) is 3.21. The van der Waals surface area contributed by atoms with Gasteiger partial charge in [0.1, 0.15) is 18.0 Å². The molecule has 1 aromatic carbocycles. The Kier molecular flexibility index (Phi) is 4.82. The number of aromatic nitrogens is 5. The third kappa shape index (κ3) is 4.92. The zero-order valence-corrected chi connectivity index (χ0v) is 20.2. The second-order valence-electron chi connectivity index (χ2n) is 8.35. The van der Waals surface area contributed by atoms with Gasteiger partial charge in [0.05, 0.1) is 33.5 Å². The number of hydrogen-bond acceptors (Lipinski definition) is 10. The zero-order valence-electron chi connectivity index (χ0n) is 28.4. The molecule has 12 heteroatoms. The lowest BCUT2D eigenvalue weighted by Gasteiger charge is -2.17. The Morgan fingerprint density at radius 1 is 1.33 bits per heavy atom. The summed E-state index contributed by atoms with van der Waals surface area (Å²) in [4.78, 5) is 8.70. The molecule has 2 saturated carbocycles. The fourth-order valence-electron chi connectivity index (χ4n) is 4.01. The molecule has 2 heterocycles. The normalized spacial score (nSPS) is 36.1. The molecule has 10 nitrogen and oxygen atoms in total. The Morgan fingerprint density at radius 2 is 2.17 bits per heavy atom. The SMILES string of the molecule is [2H]c1c([2H])c([C@]2([2H])C[C@@]2([2H])Nc2nc(SC([2H])([2H])CC)nc3c2nnn3[C@@H]2C[C@H](OC([2H])([2H])CO)[C@@H](O)[C@H]2O)c([2H])c(F)c1C. The highest BCUT2D eigenvalue weighted by Crippen LogP contribution is 2.44. The molecule has 0 saturated heterocycles. The monoisotopic (exact) mass is 527 g/mol. The predicted molar refractivity (Wildman–Crippen MR) is 133 cm³/mol. The first-order chi connectivity index (χ1) is 20.8. The summed E-state index contributed by atoms with van der Waals surface area (Å²) >= 11 is 0.641. The molecule has 2 aromatic heterocycles. The predicted octanol–water partition coefficient (Wildman–Crippen LogP) is 2.18. The van der Waals surface area contributed by atoms with E-state index in [1.807, 2.05) is 0 Å². The van der Waals surface area contributed by atoms with Gasteiger partial charge in [0.2, 0.25) is 0 Å². The summed E-state index contributed by atoms with van der Waals surface area (Å²) in [5, 5.41) is 41.4. The first-order valence-corrected chi connectivity index (χ1v) is 12.1. The molecule has 2 aliphatic carbocycles. The first-order valence-electron chi connectivity index (χ1n) is 15.8. The number of thioether (sulfide) groups is 1. The second-order valence-corrected chi connectivity index (χ2v) is 9.21. The topological polar surface area (TPSA) is 138 Å². The summed E-state index contributed by atoms with van der Waals surface area (Å²) < 4.78 is 95.4. The minimum absolute atomic E-state index is 0.0595. The van der Waals surface area contributed by atoms with E-state index in [1.165, 1.54) is 6.92 Å². The number of benzene rings is 1. The largest absolute Gasteiger partial charge is 0.394 e. The van der Waals surface area contributed by atoms with E-state index in [2.05, 4.69) is 25.6 Å². The van der Waals surface area contributed by atoms with Crippen LogP contribution < -0.4 is 5.32 Å². The van der Waals surface area contributed by atoms with Gasteiger partial charge in [0.25, 0.3) is 0 Å². The fraction of sp³-hybridized carbons (Fsp3) is 0.583. The average molecular weight is 528 g/mol. The maximum Gasteiger partial charge on any atom is 0.191 e. The third-order valence-corrected chi connectivity index (χ3v) is 6.72. The number of nitrogens with one attached hydrogen (secondary N) is 1. The molecule has 0 aliphatic heterocycles. The van der Waals surface area contributed by atoms with E-state index in [1.54, 1.807) is 6.92 Å². The third-order valence-electron chi connectivity index (χ3n) is 5.93. The molecule has 6 atom stereocenters. The van der Waals surface area contributed by atoms with Crippen molar-refractivity contribution in [3.8, 4) is 0 Å². The Bertz CT molecular complexity index is 1630. The van der Waals surface area contributed by atoms with Crippen molar-refractivity contribution in [3.05, 3.63) is 35.1 Å². The summed E-state index contributed by atoms with van der Waals surface area (Å²) in [5.41, 5.74) is -2.66. The smallest absolute Gasteiger partial charge is 0.191 e. The van der Waals surface area contributed by atoms with Crippen LogP contribution in [-0.4, -0.2) is 83.5 Å². The van der Waals surface area contributed by atoms with Crippen molar-refractivity contribution < 1.29 is 36.8 Å².